The lowest BCUT2D eigenvalue weighted by Crippen LogP contribution is -2.73. The highest BCUT2D eigenvalue weighted by Gasteiger charge is 2.45. The molecule has 1 amide bonds. The molecule has 2 rings (SSSR count). The van der Waals surface area contributed by atoms with Gasteiger partial charge in [0.2, 0.25) is 0 Å². The minimum Gasteiger partial charge on any atom is -0.318 e. The number of piperazine rings is 1. The first-order valence-corrected chi connectivity index (χ1v) is 11.0. The maximum atomic E-state index is 13.4. The molecule has 3 N–H and O–H groups in total. The van der Waals surface area contributed by atoms with E-state index in [9.17, 15) is 4.79 Å². The first-order valence-electron chi connectivity index (χ1n) is 8.96. The molecule has 0 bridgehead atoms. The van der Waals surface area contributed by atoms with Gasteiger partial charge in [0.05, 0.1) is 0 Å². The van der Waals surface area contributed by atoms with Crippen LogP contribution in [0.1, 0.15) is 40.7 Å². The molecule has 1 saturated heterocycles. The zero-order chi connectivity index (χ0) is 18.4. The van der Waals surface area contributed by atoms with Crippen molar-refractivity contribution in [2.24, 2.45) is 5.73 Å². The van der Waals surface area contributed by atoms with Gasteiger partial charge in [-0.15, -0.1) is 24.8 Å². The Morgan fingerprint density at radius 3 is 2.74 bits per heavy atom. The highest BCUT2D eigenvalue weighted by Crippen LogP contribution is 2.29. The van der Waals surface area contributed by atoms with Gasteiger partial charge in [0.25, 0.3) is 5.91 Å². The quantitative estimate of drug-likeness (QED) is 0.551. The zero-order valence-electron chi connectivity index (χ0n) is 16.4. The van der Waals surface area contributed by atoms with Crippen molar-refractivity contribution in [3.05, 3.63) is 34.9 Å². The number of aryl methyl sites for hydroxylation is 1. The number of nitrogens with two attached hydrogens (primary N) is 1. The van der Waals surface area contributed by atoms with Gasteiger partial charge in [-0.1, -0.05) is 12.1 Å². The van der Waals surface area contributed by atoms with Gasteiger partial charge < -0.3 is 16.0 Å². The summed E-state index contributed by atoms with van der Waals surface area (Å²) < 4.78 is 0. The third-order valence-electron chi connectivity index (χ3n) is 5.27. The fourth-order valence-electron chi connectivity index (χ4n) is 3.56. The van der Waals surface area contributed by atoms with Crippen molar-refractivity contribution in [1.29, 1.82) is 0 Å². The molecule has 0 radical (unpaired) electrons. The first kappa shape index (κ1) is 26.9. The topological polar surface area (TPSA) is 58.4 Å². The highest BCUT2D eigenvalue weighted by atomic mass is 35.5. The second-order valence-corrected chi connectivity index (χ2v) is 8.24. The van der Waals surface area contributed by atoms with E-state index in [-0.39, 0.29) is 36.8 Å². The molecular formula is C19H33Cl2N3OS2. The Morgan fingerprint density at radius 2 is 2.11 bits per heavy atom. The van der Waals surface area contributed by atoms with Crippen molar-refractivity contribution in [3.63, 3.8) is 0 Å². The van der Waals surface area contributed by atoms with E-state index in [2.05, 4.69) is 24.2 Å². The number of amides is 1. The standard InChI is InChI=1S/C19H31N3OS2.2ClH/c1-14-6-4-7-16(15(14)2)18(23)22-11-10-21-17(8-5-12-24)19(22,20)9-13-25-3;;/h4,6-7,17,21,24H,5,8-13,20H2,1-3H3;2*1H/t17?,19-;;/m0../s1. The second kappa shape index (κ2) is 12.5. The summed E-state index contributed by atoms with van der Waals surface area (Å²) in [4.78, 5) is 15.3. The van der Waals surface area contributed by atoms with E-state index in [1.54, 1.807) is 11.8 Å². The van der Waals surface area contributed by atoms with Crippen molar-refractivity contribution >= 4 is 55.1 Å². The lowest BCUT2D eigenvalue weighted by molar-refractivity contribution is 0.0166. The molecule has 0 aliphatic carbocycles. The smallest absolute Gasteiger partial charge is 0.255 e. The largest absolute Gasteiger partial charge is 0.318 e. The van der Waals surface area contributed by atoms with Crippen LogP contribution in [0.3, 0.4) is 0 Å². The summed E-state index contributed by atoms with van der Waals surface area (Å²) in [6.45, 7) is 5.49. The molecule has 0 saturated carbocycles. The van der Waals surface area contributed by atoms with Crippen molar-refractivity contribution in [2.75, 3.05) is 30.9 Å². The number of hydrogen-bond acceptors (Lipinski definition) is 5. The number of rotatable bonds is 7. The van der Waals surface area contributed by atoms with E-state index < -0.39 is 5.66 Å². The van der Waals surface area contributed by atoms with Gasteiger partial charge in [-0.05, 0) is 68.1 Å². The number of carbonyl (C=O) groups excluding carboxylic acids is 1. The van der Waals surface area contributed by atoms with E-state index in [4.69, 9.17) is 5.73 Å². The van der Waals surface area contributed by atoms with Gasteiger partial charge in [0.1, 0.15) is 5.66 Å². The fourth-order valence-corrected chi connectivity index (χ4v) is 4.28. The third-order valence-corrected chi connectivity index (χ3v) is 6.20. The van der Waals surface area contributed by atoms with Crippen LogP contribution in [0.15, 0.2) is 18.2 Å². The summed E-state index contributed by atoms with van der Waals surface area (Å²) >= 11 is 6.11. The van der Waals surface area contributed by atoms with Gasteiger partial charge in [-0.2, -0.15) is 24.4 Å². The van der Waals surface area contributed by atoms with E-state index in [1.165, 1.54) is 0 Å². The Labute approximate surface area is 186 Å². The SMILES string of the molecule is CSCC[C@@]1(N)C(CCCS)NCCN1C(=O)c1cccc(C)c1C.Cl.Cl. The van der Waals surface area contributed by atoms with Gasteiger partial charge in [0.15, 0.2) is 0 Å². The number of thioether (sulfide) groups is 1. The summed E-state index contributed by atoms with van der Waals surface area (Å²) in [6.07, 6.45) is 4.80. The van der Waals surface area contributed by atoms with Crippen LogP contribution in [0.2, 0.25) is 0 Å². The predicted octanol–water partition coefficient (Wildman–Crippen LogP) is 3.68. The average Bonchev–Trinajstić information content (AvgIpc) is 2.61. The molecule has 4 nitrogen and oxygen atoms in total. The summed E-state index contributed by atoms with van der Waals surface area (Å²) in [5.74, 6) is 1.83. The highest BCUT2D eigenvalue weighted by molar-refractivity contribution is 7.98. The van der Waals surface area contributed by atoms with E-state index >= 15 is 0 Å². The number of benzene rings is 1. The maximum Gasteiger partial charge on any atom is 0.255 e. The predicted molar refractivity (Wildman–Crippen MR) is 126 cm³/mol. The molecule has 1 aliphatic rings. The van der Waals surface area contributed by atoms with Crippen molar-refractivity contribution in [3.8, 4) is 0 Å². The van der Waals surface area contributed by atoms with Crippen molar-refractivity contribution in [2.45, 2.75) is 44.8 Å². The van der Waals surface area contributed by atoms with E-state index in [1.807, 2.05) is 36.9 Å². The molecule has 1 unspecified atom stereocenters. The van der Waals surface area contributed by atoms with Gasteiger partial charge >= 0.3 is 0 Å². The zero-order valence-corrected chi connectivity index (χ0v) is 19.7. The number of hydrogen-bond donors (Lipinski definition) is 3. The molecule has 2 atom stereocenters. The Balaban J connectivity index is 0.00000338. The molecule has 156 valence electrons. The minimum absolute atomic E-state index is 0. The lowest BCUT2D eigenvalue weighted by Gasteiger charge is -2.50. The van der Waals surface area contributed by atoms with Gasteiger partial charge in [0, 0.05) is 24.7 Å². The lowest BCUT2D eigenvalue weighted by atomic mass is 9.88. The molecule has 1 aromatic rings. The second-order valence-electron chi connectivity index (χ2n) is 6.81. The molecular weight excluding hydrogens is 421 g/mol. The molecule has 27 heavy (non-hydrogen) atoms. The molecule has 0 aromatic heterocycles. The van der Waals surface area contributed by atoms with Crippen LogP contribution in [0.25, 0.3) is 0 Å². The van der Waals surface area contributed by atoms with Crippen LogP contribution < -0.4 is 11.1 Å². The number of nitrogens with zero attached hydrogens (tertiary/aromatic N) is 1. The molecule has 1 fully saturated rings. The van der Waals surface area contributed by atoms with Crippen LogP contribution >= 0.6 is 49.2 Å². The number of carbonyl (C=O) groups is 1. The molecule has 1 heterocycles. The maximum absolute atomic E-state index is 13.4. The van der Waals surface area contributed by atoms with Gasteiger partial charge in [-0.25, -0.2) is 0 Å². The summed E-state index contributed by atoms with van der Waals surface area (Å²) in [7, 11) is 0. The molecule has 1 aliphatic heterocycles. The summed E-state index contributed by atoms with van der Waals surface area (Å²) in [5.41, 5.74) is 9.21. The fraction of sp³-hybridized carbons (Fsp3) is 0.632. The average molecular weight is 455 g/mol. The molecule has 0 spiro atoms. The Morgan fingerprint density at radius 1 is 1.41 bits per heavy atom. The third kappa shape index (κ3) is 6.18. The van der Waals surface area contributed by atoms with Crippen molar-refractivity contribution < 1.29 is 4.79 Å². The Hall–Kier alpha value is -0.110. The van der Waals surface area contributed by atoms with E-state index in [0.717, 1.165) is 54.0 Å². The summed E-state index contributed by atoms with van der Waals surface area (Å²) in [6, 6.07) is 6.03. The number of halogens is 2. The van der Waals surface area contributed by atoms with Crippen LogP contribution in [-0.4, -0.2) is 53.4 Å². The monoisotopic (exact) mass is 453 g/mol. The van der Waals surface area contributed by atoms with E-state index in [0.29, 0.717) is 6.54 Å². The van der Waals surface area contributed by atoms with Crippen LogP contribution in [-0.2, 0) is 0 Å². The first-order chi connectivity index (χ1) is 12.0. The van der Waals surface area contributed by atoms with Crippen LogP contribution in [0.5, 0.6) is 0 Å². The minimum atomic E-state index is -0.655. The molecule has 8 heteroatoms. The van der Waals surface area contributed by atoms with Crippen LogP contribution in [0, 0.1) is 13.8 Å². The number of thiol groups is 1. The number of nitrogens with one attached hydrogen (secondary N) is 1. The summed E-state index contributed by atoms with van der Waals surface area (Å²) in [5, 5.41) is 3.55. The van der Waals surface area contributed by atoms with Crippen LogP contribution in [0.4, 0.5) is 0 Å². The Kier molecular flexibility index (Phi) is 12.4. The molecule has 1 aromatic carbocycles. The normalized spacial score (nSPS) is 22.0. The van der Waals surface area contributed by atoms with Crippen molar-refractivity contribution in [1.82, 2.24) is 10.2 Å². The van der Waals surface area contributed by atoms with Gasteiger partial charge in [-0.3, -0.25) is 4.79 Å². The Bertz CT molecular complexity index is 606.